The van der Waals surface area contributed by atoms with E-state index in [1.807, 2.05) is 6.07 Å². The Kier molecular flexibility index (Phi) is 4.94. The van der Waals surface area contributed by atoms with Crippen LogP contribution in [0.5, 0.6) is 0 Å². The number of rotatable bonds is 5. The Balaban J connectivity index is 2.74. The summed E-state index contributed by atoms with van der Waals surface area (Å²) in [5, 5.41) is 10.8. The summed E-state index contributed by atoms with van der Waals surface area (Å²) in [6, 6.07) is 5.21. The maximum Gasteiger partial charge on any atom is 0.272 e. The molecule has 0 heterocycles. The molecule has 0 saturated carbocycles. The molecule has 1 aromatic carbocycles. The van der Waals surface area contributed by atoms with Gasteiger partial charge >= 0.3 is 0 Å². The number of hydrogen-bond donors (Lipinski definition) is 0. The van der Waals surface area contributed by atoms with E-state index in [2.05, 4.69) is 13.8 Å². The molecule has 17 heavy (non-hydrogen) atoms. The number of aryl methyl sites for hydroxylation is 1. The Morgan fingerprint density at radius 1 is 1.41 bits per heavy atom. The summed E-state index contributed by atoms with van der Waals surface area (Å²) in [6.07, 6.45) is 1.72. The van der Waals surface area contributed by atoms with Gasteiger partial charge in [-0.25, -0.2) is 0 Å². The first-order chi connectivity index (χ1) is 7.90. The number of halogens is 1. The first-order valence-electron chi connectivity index (χ1n) is 5.78. The fourth-order valence-electron chi connectivity index (χ4n) is 1.90. The first-order valence-corrected chi connectivity index (χ1v) is 6.21. The average Bonchev–Trinajstić information content (AvgIpc) is 2.15. The van der Waals surface area contributed by atoms with Crippen molar-refractivity contribution in [2.24, 2.45) is 5.92 Å². The highest BCUT2D eigenvalue weighted by Crippen LogP contribution is 2.22. The lowest BCUT2D eigenvalue weighted by Crippen LogP contribution is -2.07. The molecule has 0 aromatic heterocycles. The van der Waals surface area contributed by atoms with Crippen molar-refractivity contribution >= 4 is 17.3 Å². The molecule has 0 aliphatic heterocycles. The predicted octanol–water partition coefficient (Wildman–Crippen LogP) is 4.10. The quantitative estimate of drug-likeness (QED) is 0.452. The first kappa shape index (κ1) is 14.0. The van der Waals surface area contributed by atoms with Gasteiger partial charge in [-0.2, -0.15) is 0 Å². The summed E-state index contributed by atoms with van der Waals surface area (Å²) in [7, 11) is 0. The molecule has 0 aliphatic carbocycles. The second-order valence-corrected chi connectivity index (χ2v) is 5.43. The minimum atomic E-state index is -0.356. The maximum absolute atomic E-state index is 10.7. The SMILES string of the molecule is Cc1cc(CC(Cl)CC(C)C)ccc1[N+](=O)[O-]. The second kappa shape index (κ2) is 6.01. The zero-order valence-corrected chi connectivity index (χ0v) is 11.2. The van der Waals surface area contributed by atoms with Gasteiger partial charge in [-0.1, -0.05) is 19.9 Å². The lowest BCUT2D eigenvalue weighted by Gasteiger charge is -2.12. The Labute approximate surface area is 107 Å². The molecule has 0 fully saturated rings. The van der Waals surface area contributed by atoms with Crippen molar-refractivity contribution in [2.45, 2.75) is 39.0 Å². The van der Waals surface area contributed by atoms with Gasteiger partial charge in [-0.15, -0.1) is 11.6 Å². The molecule has 4 heteroatoms. The molecular weight excluding hydrogens is 238 g/mol. The van der Waals surface area contributed by atoms with Gasteiger partial charge in [0.15, 0.2) is 0 Å². The molecule has 0 spiro atoms. The molecule has 0 radical (unpaired) electrons. The molecule has 0 bridgehead atoms. The van der Waals surface area contributed by atoms with Gasteiger partial charge in [0.05, 0.1) is 4.92 Å². The number of benzene rings is 1. The maximum atomic E-state index is 10.7. The van der Waals surface area contributed by atoms with Crippen LogP contribution in [-0.2, 0) is 6.42 Å². The molecule has 94 valence electrons. The number of hydrogen-bond acceptors (Lipinski definition) is 2. The Morgan fingerprint density at radius 2 is 2.06 bits per heavy atom. The van der Waals surface area contributed by atoms with Crippen LogP contribution in [0, 0.1) is 23.0 Å². The molecule has 0 amide bonds. The number of nitro groups is 1. The monoisotopic (exact) mass is 255 g/mol. The minimum absolute atomic E-state index is 0.0934. The van der Waals surface area contributed by atoms with Gasteiger partial charge in [-0.3, -0.25) is 10.1 Å². The third-order valence-electron chi connectivity index (χ3n) is 2.64. The van der Waals surface area contributed by atoms with Crippen LogP contribution in [0.4, 0.5) is 5.69 Å². The topological polar surface area (TPSA) is 43.1 Å². The molecule has 0 saturated heterocycles. The average molecular weight is 256 g/mol. The smallest absolute Gasteiger partial charge is 0.258 e. The summed E-state index contributed by atoms with van der Waals surface area (Å²) >= 11 is 6.23. The molecule has 1 rings (SSSR count). The number of nitro benzene ring substituents is 1. The highest BCUT2D eigenvalue weighted by Gasteiger charge is 2.13. The zero-order valence-electron chi connectivity index (χ0n) is 10.4. The van der Waals surface area contributed by atoms with E-state index >= 15 is 0 Å². The van der Waals surface area contributed by atoms with E-state index in [-0.39, 0.29) is 16.0 Å². The Bertz CT molecular complexity index is 404. The molecule has 1 unspecified atom stereocenters. The molecular formula is C13H18ClNO2. The fraction of sp³-hybridized carbons (Fsp3) is 0.538. The third-order valence-corrected chi connectivity index (χ3v) is 2.97. The van der Waals surface area contributed by atoms with E-state index in [0.29, 0.717) is 11.5 Å². The van der Waals surface area contributed by atoms with Gasteiger partial charge in [-0.05, 0) is 37.3 Å². The van der Waals surface area contributed by atoms with Crippen molar-refractivity contribution in [1.29, 1.82) is 0 Å². The molecule has 0 N–H and O–H groups in total. The summed E-state index contributed by atoms with van der Waals surface area (Å²) in [4.78, 5) is 10.3. The number of nitrogens with zero attached hydrogens (tertiary/aromatic N) is 1. The number of alkyl halides is 1. The van der Waals surface area contributed by atoms with Crippen LogP contribution in [0.3, 0.4) is 0 Å². The largest absolute Gasteiger partial charge is 0.272 e. The molecule has 1 aromatic rings. The fourth-order valence-corrected chi connectivity index (χ4v) is 2.43. The summed E-state index contributed by atoms with van der Waals surface area (Å²) < 4.78 is 0. The van der Waals surface area contributed by atoms with Crippen molar-refractivity contribution in [1.82, 2.24) is 0 Å². The van der Waals surface area contributed by atoms with E-state index in [1.54, 1.807) is 19.1 Å². The van der Waals surface area contributed by atoms with Gasteiger partial charge in [0.2, 0.25) is 0 Å². The van der Waals surface area contributed by atoms with Crippen LogP contribution in [0.15, 0.2) is 18.2 Å². The highest BCUT2D eigenvalue weighted by atomic mass is 35.5. The van der Waals surface area contributed by atoms with Crippen molar-refractivity contribution in [2.75, 3.05) is 0 Å². The predicted molar refractivity (Wildman–Crippen MR) is 70.6 cm³/mol. The van der Waals surface area contributed by atoms with Gasteiger partial charge in [0.1, 0.15) is 0 Å². The van der Waals surface area contributed by atoms with E-state index in [4.69, 9.17) is 11.6 Å². The van der Waals surface area contributed by atoms with Crippen molar-refractivity contribution < 1.29 is 4.92 Å². The van der Waals surface area contributed by atoms with Crippen LogP contribution < -0.4 is 0 Å². The Morgan fingerprint density at radius 3 is 2.53 bits per heavy atom. The van der Waals surface area contributed by atoms with E-state index in [0.717, 1.165) is 18.4 Å². The van der Waals surface area contributed by atoms with Gasteiger partial charge in [0, 0.05) is 17.0 Å². The summed E-state index contributed by atoms with van der Waals surface area (Å²) in [5.41, 5.74) is 1.93. The molecule has 3 nitrogen and oxygen atoms in total. The Hall–Kier alpha value is -1.09. The van der Waals surface area contributed by atoms with Crippen LogP contribution in [-0.4, -0.2) is 10.3 Å². The van der Waals surface area contributed by atoms with E-state index in [1.165, 1.54) is 0 Å². The molecule has 0 aliphatic rings. The van der Waals surface area contributed by atoms with Crippen molar-refractivity contribution in [3.8, 4) is 0 Å². The second-order valence-electron chi connectivity index (χ2n) is 4.81. The molecule has 1 atom stereocenters. The lowest BCUT2D eigenvalue weighted by atomic mass is 10.0. The zero-order chi connectivity index (χ0) is 13.0. The summed E-state index contributed by atoms with van der Waals surface area (Å²) in [6.45, 7) is 6.03. The van der Waals surface area contributed by atoms with E-state index in [9.17, 15) is 10.1 Å². The van der Waals surface area contributed by atoms with Gasteiger partial charge < -0.3 is 0 Å². The van der Waals surface area contributed by atoms with Crippen LogP contribution >= 0.6 is 11.6 Å². The van der Waals surface area contributed by atoms with Crippen LogP contribution in [0.25, 0.3) is 0 Å². The van der Waals surface area contributed by atoms with Crippen LogP contribution in [0.1, 0.15) is 31.4 Å². The standard InChI is InChI=1S/C13H18ClNO2/c1-9(2)6-12(14)8-11-4-5-13(15(16)17)10(3)7-11/h4-5,7,9,12H,6,8H2,1-3H3. The third kappa shape index (κ3) is 4.35. The van der Waals surface area contributed by atoms with Crippen molar-refractivity contribution in [3.63, 3.8) is 0 Å². The lowest BCUT2D eigenvalue weighted by molar-refractivity contribution is -0.385. The summed E-state index contributed by atoms with van der Waals surface area (Å²) in [5.74, 6) is 0.566. The normalized spacial score (nSPS) is 12.8. The van der Waals surface area contributed by atoms with E-state index < -0.39 is 0 Å². The van der Waals surface area contributed by atoms with Crippen LogP contribution in [0.2, 0.25) is 0 Å². The minimum Gasteiger partial charge on any atom is -0.258 e. The van der Waals surface area contributed by atoms with Gasteiger partial charge in [0.25, 0.3) is 5.69 Å². The van der Waals surface area contributed by atoms with Crippen molar-refractivity contribution in [3.05, 3.63) is 39.4 Å². The highest BCUT2D eigenvalue weighted by molar-refractivity contribution is 6.20.